The van der Waals surface area contributed by atoms with Gasteiger partial charge in [0.25, 0.3) is 5.91 Å². The van der Waals surface area contributed by atoms with Crippen molar-refractivity contribution in [1.82, 2.24) is 9.78 Å². The van der Waals surface area contributed by atoms with E-state index in [1.807, 2.05) is 48.5 Å². The van der Waals surface area contributed by atoms with Crippen molar-refractivity contribution >= 4 is 34.9 Å². The molecule has 0 aliphatic heterocycles. The Hall–Kier alpha value is -3.28. The van der Waals surface area contributed by atoms with Crippen molar-refractivity contribution in [2.24, 2.45) is 0 Å². The largest absolute Gasteiger partial charge is 0.489 e. The fraction of sp³-hybridized carbons (Fsp3) is 0.154. The molecule has 3 aromatic carbocycles. The molecule has 5 nitrogen and oxygen atoms in total. The van der Waals surface area contributed by atoms with E-state index in [-0.39, 0.29) is 5.91 Å². The molecule has 0 spiro atoms. The summed E-state index contributed by atoms with van der Waals surface area (Å²) >= 11 is 12.2. The molecule has 0 atom stereocenters. The van der Waals surface area contributed by atoms with Crippen LogP contribution in [0.2, 0.25) is 10.0 Å². The number of benzene rings is 3. The van der Waals surface area contributed by atoms with Crippen LogP contribution < -0.4 is 10.1 Å². The topological polar surface area (TPSA) is 56.1 Å². The number of amides is 1. The third-order valence-electron chi connectivity index (χ3n) is 5.13. The Morgan fingerprint density at radius 1 is 0.970 bits per heavy atom. The predicted octanol–water partition coefficient (Wildman–Crippen LogP) is 6.63. The van der Waals surface area contributed by atoms with Crippen LogP contribution in [0.3, 0.4) is 0 Å². The summed E-state index contributed by atoms with van der Waals surface area (Å²) in [6, 6.07) is 22.8. The lowest BCUT2D eigenvalue weighted by atomic mass is 10.1. The first-order valence-corrected chi connectivity index (χ1v) is 11.3. The van der Waals surface area contributed by atoms with E-state index in [0.29, 0.717) is 34.6 Å². The molecule has 1 heterocycles. The molecule has 0 fully saturated rings. The molecule has 0 radical (unpaired) electrons. The second-order valence-electron chi connectivity index (χ2n) is 7.59. The summed E-state index contributed by atoms with van der Waals surface area (Å²) < 4.78 is 7.53. The number of hydrogen-bond donors (Lipinski definition) is 1. The van der Waals surface area contributed by atoms with Gasteiger partial charge in [-0.2, -0.15) is 5.10 Å². The van der Waals surface area contributed by atoms with Crippen molar-refractivity contribution < 1.29 is 9.53 Å². The van der Waals surface area contributed by atoms with Gasteiger partial charge in [-0.05, 0) is 59.5 Å². The number of rotatable bonds is 8. The van der Waals surface area contributed by atoms with Crippen molar-refractivity contribution in [3.8, 4) is 5.75 Å². The van der Waals surface area contributed by atoms with Gasteiger partial charge in [-0.25, -0.2) is 0 Å². The molecule has 1 aromatic heterocycles. The lowest BCUT2D eigenvalue weighted by Gasteiger charge is -2.09. The highest BCUT2D eigenvalue weighted by molar-refractivity contribution is 6.33. The van der Waals surface area contributed by atoms with Crippen LogP contribution in [0.15, 0.2) is 79.0 Å². The summed E-state index contributed by atoms with van der Waals surface area (Å²) in [5, 5.41) is 8.23. The number of nitrogens with one attached hydrogen (secondary N) is 1. The molecule has 4 aromatic rings. The molecule has 4 rings (SSSR count). The van der Waals surface area contributed by atoms with Gasteiger partial charge in [0, 0.05) is 16.8 Å². The maximum atomic E-state index is 12.8. The number of ether oxygens (including phenoxy) is 1. The third-order valence-corrected chi connectivity index (χ3v) is 5.66. The number of anilines is 1. The lowest BCUT2D eigenvalue weighted by Crippen LogP contribution is -2.13. The zero-order valence-corrected chi connectivity index (χ0v) is 19.6. The molecule has 0 saturated carbocycles. The molecule has 168 valence electrons. The lowest BCUT2D eigenvalue weighted by molar-refractivity contribution is 0.102. The number of nitrogens with zero attached hydrogens (tertiary/aromatic N) is 2. The second kappa shape index (κ2) is 10.6. The third kappa shape index (κ3) is 6.15. The van der Waals surface area contributed by atoms with Gasteiger partial charge in [0.1, 0.15) is 17.4 Å². The van der Waals surface area contributed by atoms with E-state index >= 15 is 0 Å². The van der Waals surface area contributed by atoms with Gasteiger partial charge in [0.2, 0.25) is 0 Å². The molecule has 7 heteroatoms. The molecule has 1 N–H and O–H groups in total. The molecular formula is C26H23Cl2N3O2. The van der Waals surface area contributed by atoms with Gasteiger partial charge in [-0.1, -0.05) is 66.5 Å². The first kappa shape index (κ1) is 22.9. The molecule has 0 aliphatic carbocycles. The molecule has 33 heavy (non-hydrogen) atoms. The first-order chi connectivity index (χ1) is 16.0. The van der Waals surface area contributed by atoms with Crippen LogP contribution in [0.5, 0.6) is 5.75 Å². The minimum Gasteiger partial charge on any atom is -0.489 e. The number of hydrogen-bond acceptors (Lipinski definition) is 3. The molecule has 0 saturated heterocycles. The van der Waals surface area contributed by atoms with Crippen molar-refractivity contribution in [2.45, 2.75) is 26.5 Å². The standard InChI is InChI=1S/C26H23Cl2N3O2/c1-2-18-8-12-23(13-9-18)33-17-20-4-3-5-21(14-20)26(32)29-25-24(28)16-31(30-25)15-19-6-10-22(27)11-7-19/h3-14,16H,2,15,17H2,1H3,(H,29,30,32). The van der Waals surface area contributed by atoms with E-state index in [9.17, 15) is 4.79 Å². The minimum absolute atomic E-state index is 0.289. The van der Waals surface area contributed by atoms with Crippen LogP contribution in [0.1, 0.15) is 34.0 Å². The van der Waals surface area contributed by atoms with Crippen LogP contribution in [0, 0.1) is 0 Å². The van der Waals surface area contributed by atoms with Crippen molar-refractivity contribution in [3.05, 3.63) is 111 Å². The van der Waals surface area contributed by atoms with Gasteiger partial charge < -0.3 is 10.1 Å². The van der Waals surface area contributed by atoms with Crippen molar-refractivity contribution in [2.75, 3.05) is 5.32 Å². The normalized spacial score (nSPS) is 10.8. The SMILES string of the molecule is CCc1ccc(OCc2cccc(C(=O)Nc3nn(Cc4ccc(Cl)cc4)cc3Cl)c2)cc1. The molecule has 1 amide bonds. The Kier molecular flexibility index (Phi) is 7.33. The highest BCUT2D eigenvalue weighted by Gasteiger charge is 2.13. The van der Waals surface area contributed by atoms with Crippen LogP contribution in [-0.2, 0) is 19.6 Å². The highest BCUT2D eigenvalue weighted by Crippen LogP contribution is 2.22. The molecule has 0 bridgehead atoms. The van der Waals surface area contributed by atoms with E-state index in [4.69, 9.17) is 27.9 Å². The Labute approximate surface area is 202 Å². The van der Waals surface area contributed by atoms with Crippen LogP contribution in [-0.4, -0.2) is 15.7 Å². The molecular weight excluding hydrogens is 457 g/mol. The fourth-order valence-electron chi connectivity index (χ4n) is 3.31. The number of carbonyl (C=O) groups excluding carboxylic acids is 1. The number of carbonyl (C=O) groups is 1. The molecule has 0 unspecified atom stereocenters. The Balaban J connectivity index is 1.39. The fourth-order valence-corrected chi connectivity index (χ4v) is 3.63. The van der Waals surface area contributed by atoms with Gasteiger partial charge in [0.15, 0.2) is 5.82 Å². The summed E-state index contributed by atoms with van der Waals surface area (Å²) in [6.07, 6.45) is 2.67. The summed E-state index contributed by atoms with van der Waals surface area (Å²) in [4.78, 5) is 12.8. The summed E-state index contributed by atoms with van der Waals surface area (Å²) in [7, 11) is 0. The maximum Gasteiger partial charge on any atom is 0.256 e. The number of aromatic nitrogens is 2. The first-order valence-electron chi connectivity index (χ1n) is 10.6. The van der Waals surface area contributed by atoms with E-state index in [2.05, 4.69) is 29.5 Å². The van der Waals surface area contributed by atoms with Crippen LogP contribution >= 0.6 is 23.2 Å². The zero-order valence-electron chi connectivity index (χ0n) is 18.1. The summed E-state index contributed by atoms with van der Waals surface area (Å²) in [6.45, 7) is 2.99. The smallest absolute Gasteiger partial charge is 0.256 e. The van der Waals surface area contributed by atoms with Crippen molar-refractivity contribution in [3.63, 3.8) is 0 Å². The highest BCUT2D eigenvalue weighted by atomic mass is 35.5. The molecule has 0 aliphatic rings. The van der Waals surface area contributed by atoms with Crippen molar-refractivity contribution in [1.29, 1.82) is 0 Å². The van der Waals surface area contributed by atoms with Gasteiger partial charge in [0.05, 0.1) is 6.54 Å². The maximum absolute atomic E-state index is 12.8. The van der Waals surface area contributed by atoms with E-state index < -0.39 is 0 Å². The average molecular weight is 480 g/mol. The van der Waals surface area contributed by atoms with Crippen LogP contribution in [0.25, 0.3) is 0 Å². The second-order valence-corrected chi connectivity index (χ2v) is 8.43. The number of halogens is 2. The summed E-state index contributed by atoms with van der Waals surface area (Å²) in [5.41, 5.74) is 3.67. The minimum atomic E-state index is -0.289. The van der Waals surface area contributed by atoms with E-state index in [1.54, 1.807) is 23.0 Å². The zero-order chi connectivity index (χ0) is 23.2. The number of aryl methyl sites for hydroxylation is 1. The van der Waals surface area contributed by atoms with E-state index in [0.717, 1.165) is 23.3 Å². The Bertz CT molecular complexity index is 1240. The average Bonchev–Trinajstić information content (AvgIpc) is 3.18. The monoisotopic (exact) mass is 479 g/mol. The van der Waals surface area contributed by atoms with Gasteiger partial charge >= 0.3 is 0 Å². The quantitative estimate of drug-likeness (QED) is 0.308. The Morgan fingerprint density at radius 2 is 1.70 bits per heavy atom. The van der Waals surface area contributed by atoms with E-state index in [1.165, 1.54) is 5.56 Å². The Morgan fingerprint density at radius 3 is 2.42 bits per heavy atom. The summed E-state index contributed by atoms with van der Waals surface area (Å²) in [5.74, 6) is 0.816. The predicted molar refractivity (Wildman–Crippen MR) is 132 cm³/mol. The van der Waals surface area contributed by atoms with Crippen LogP contribution in [0.4, 0.5) is 5.82 Å². The van der Waals surface area contributed by atoms with Gasteiger partial charge in [-0.3, -0.25) is 9.48 Å². The van der Waals surface area contributed by atoms with Gasteiger partial charge in [-0.15, -0.1) is 0 Å².